The SMILES string of the molecule is COc1c(C)cc(C2(N)CCCCC2)cc1Cl. The molecule has 0 heterocycles. The standard InChI is InChI=1S/C14H20ClNO/c1-10-8-11(9-12(15)13(10)17-2)14(16)6-4-3-5-7-14/h8-9H,3-7,16H2,1-2H3. The first kappa shape index (κ1) is 12.7. The van der Waals surface area contributed by atoms with Gasteiger partial charge in [-0.15, -0.1) is 0 Å². The third kappa shape index (κ3) is 2.43. The van der Waals surface area contributed by atoms with E-state index in [1.165, 1.54) is 19.3 Å². The van der Waals surface area contributed by atoms with E-state index in [0.717, 1.165) is 29.7 Å². The Balaban J connectivity index is 2.39. The summed E-state index contributed by atoms with van der Waals surface area (Å²) in [5, 5.41) is 0.665. The van der Waals surface area contributed by atoms with Crippen molar-refractivity contribution in [1.82, 2.24) is 0 Å². The van der Waals surface area contributed by atoms with Crippen molar-refractivity contribution < 1.29 is 4.74 Å². The number of halogens is 1. The number of benzene rings is 1. The average molecular weight is 254 g/mol. The van der Waals surface area contributed by atoms with Crippen LogP contribution in [0.15, 0.2) is 12.1 Å². The van der Waals surface area contributed by atoms with E-state index in [1.54, 1.807) is 7.11 Å². The van der Waals surface area contributed by atoms with Crippen LogP contribution in [0, 0.1) is 6.92 Å². The van der Waals surface area contributed by atoms with E-state index < -0.39 is 0 Å². The second-order valence-electron chi connectivity index (χ2n) is 5.03. The fraction of sp³-hybridized carbons (Fsp3) is 0.571. The minimum atomic E-state index is -0.196. The highest BCUT2D eigenvalue weighted by Crippen LogP contribution is 2.39. The lowest BCUT2D eigenvalue weighted by Gasteiger charge is -2.34. The summed E-state index contributed by atoms with van der Waals surface area (Å²) in [5.41, 5.74) is 8.53. The van der Waals surface area contributed by atoms with Gasteiger partial charge in [-0.3, -0.25) is 0 Å². The number of rotatable bonds is 2. The first-order chi connectivity index (χ1) is 8.07. The largest absolute Gasteiger partial charge is 0.495 e. The van der Waals surface area contributed by atoms with Crippen LogP contribution in [-0.4, -0.2) is 7.11 Å². The summed E-state index contributed by atoms with van der Waals surface area (Å²) < 4.78 is 5.28. The average Bonchev–Trinajstić information content (AvgIpc) is 2.29. The van der Waals surface area contributed by atoms with E-state index in [1.807, 2.05) is 13.0 Å². The van der Waals surface area contributed by atoms with Crippen molar-refractivity contribution in [1.29, 1.82) is 0 Å². The molecule has 0 radical (unpaired) electrons. The Kier molecular flexibility index (Phi) is 3.64. The number of methoxy groups -OCH3 is 1. The molecule has 2 N–H and O–H groups in total. The summed E-state index contributed by atoms with van der Waals surface area (Å²) in [6.07, 6.45) is 5.81. The summed E-state index contributed by atoms with van der Waals surface area (Å²) >= 11 is 6.24. The monoisotopic (exact) mass is 253 g/mol. The van der Waals surface area contributed by atoms with Gasteiger partial charge in [-0.25, -0.2) is 0 Å². The molecular formula is C14H20ClNO. The molecule has 94 valence electrons. The first-order valence-corrected chi connectivity index (χ1v) is 6.58. The first-order valence-electron chi connectivity index (χ1n) is 6.20. The third-order valence-electron chi connectivity index (χ3n) is 3.75. The molecule has 2 rings (SSSR count). The van der Waals surface area contributed by atoms with Crippen LogP contribution >= 0.6 is 11.6 Å². The summed E-state index contributed by atoms with van der Waals surface area (Å²) in [4.78, 5) is 0. The highest BCUT2D eigenvalue weighted by molar-refractivity contribution is 6.32. The van der Waals surface area contributed by atoms with E-state index in [9.17, 15) is 0 Å². The molecule has 1 fully saturated rings. The highest BCUT2D eigenvalue weighted by atomic mass is 35.5. The van der Waals surface area contributed by atoms with Gasteiger partial charge in [0.2, 0.25) is 0 Å². The van der Waals surface area contributed by atoms with Crippen LogP contribution in [-0.2, 0) is 5.54 Å². The van der Waals surface area contributed by atoms with Crippen LogP contribution in [0.25, 0.3) is 0 Å². The maximum atomic E-state index is 6.51. The second-order valence-corrected chi connectivity index (χ2v) is 5.43. The second kappa shape index (κ2) is 4.87. The van der Waals surface area contributed by atoms with Crippen molar-refractivity contribution in [3.63, 3.8) is 0 Å². The molecule has 0 saturated heterocycles. The van der Waals surface area contributed by atoms with E-state index in [0.29, 0.717) is 5.02 Å². The Morgan fingerprint density at radius 3 is 2.41 bits per heavy atom. The molecule has 1 aromatic rings. The van der Waals surface area contributed by atoms with E-state index in [-0.39, 0.29) is 5.54 Å². The van der Waals surface area contributed by atoms with E-state index in [2.05, 4.69) is 6.07 Å². The lowest BCUT2D eigenvalue weighted by Crippen LogP contribution is -2.38. The van der Waals surface area contributed by atoms with Crippen molar-refractivity contribution in [3.05, 3.63) is 28.3 Å². The molecule has 0 aliphatic heterocycles. The number of nitrogens with two attached hydrogens (primary N) is 1. The maximum Gasteiger partial charge on any atom is 0.140 e. The molecule has 1 saturated carbocycles. The molecule has 1 aliphatic carbocycles. The van der Waals surface area contributed by atoms with E-state index in [4.69, 9.17) is 22.1 Å². The van der Waals surface area contributed by atoms with Gasteiger partial charge in [0, 0.05) is 5.54 Å². The molecule has 2 nitrogen and oxygen atoms in total. The van der Waals surface area contributed by atoms with Crippen LogP contribution in [0.1, 0.15) is 43.2 Å². The molecule has 0 aromatic heterocycles. The number of ether oxygens (including phenoxy) is 1. The zero-order chi connectivity index (χ0) is 12.5. The van der Waals surface area contributed by atoms with Gasteiger partial charge in [-0.1, -0.05) is 36.9 Å². The zero-order valence-corrected chi connectivity index (χ0v) is 11.3. The topological polar surface area (TPSA) is 35.2 Å². The zero-order valence-electron chi connectivity index (χ0n) is 10.6. The maximum absolute atomic E-state index is 6.51. The Bertz CT molecular complexity index is 388. The summed E-state index contributed by atoms with van der Waals surface area (Å²) in [7, 11) is 1.65. The fourth-order valence-electron chi connectivity index (χ4n) is 2.75. The van der Waals surface area contributed by atoms with Crippen molar-refractivity contribution in [3.8, 4) is 5.75 Å². The Morgan fingerprint density at radius 2 is 1.88 bits per heavy atom. The summed E-state index contributed by atoms with van der Waals surface area (Å²) in [6, 6.07) is 4.09. The number of hydrogen-bond acceptors (Lipinski definition) is 2. The van der Waals surface area contributed by atoms with E-state index >= 15 is 0 Å². The number of aryl methyl sites for hydroxylation is 1. The smallest absolute Gasteiger partial charge is 0.140 e. The molecule has 0 amide bonds. The summed E-state index contributed by atoms with van der Waals surface area (Å²) in [6.45, 7) is 2.01. The van der Waals surface area contributed by atoms with Crippen LogP contribution < -0.4 is 10.5 Å². The van der Waals surface area contributed by atoms with Gasteiger partial charge in [-0.05, 0) is 37.0 Å². The predicted octanol–water partition coefficient (Wildman–Crippen LogP) is 3.78. The minimum Gasteiger partial charge on any atom is -0.495 e. The molecule has 0 spiro atoms. The van der Waals surface area contributed by atoms with Gasteiger partial charge in [0.25, 0.3) is 0 Å². The molecule has 17 heavy (non-hydrogen) atoms. The summed E-state index contributed by atoms with van der Waals surface area (Å²) in [5.74, 6) is 0.759. The van der Waals surface area contributed by atoms with Crippen LogP contribution in [0.2, 0.25) is 5.02 Å². The Hall–Kier alpha value is -0.730. The molecule has 1 aromatic carbocycles. The Labute approximate surface area is 108 Å². The third-order valence-corrected chi connectivity index (χ3v) is 4.03. The lowest BCUT2D eigenvalue weighted by atomic mass is 9.77. The molecule has 0 unspecified atom stereocenters. The van der Waals surface area contributed by atoms with Crippen molar-refractivity contribution in [2.75, 3.05) is 7.11 Å². The highest BCUT2D eigenvalue weighted by Gasteiger charge is 2.30. The molecule has 0 bridgehead atoms. The molecule has 1 aliphatic rings. The van der Waals surface area contributed by atoms with Crippen molar-refractivity contribution in [2.24, 2.45) is 5.73 Å². The lowest BCUT2D eigenvalue weighted by molar-refractivity contribution is 0.302. The van der Waals surface area contributed by atoms with Gasteiger partial charge >= 0.3 is 0 Å². The fourth-order valence-corrected chi connectivity index (χ4v) is 3.09. The quantitative estimate of drug-likeness (QED) is 0.871. The molecule has 0 atom stereocenters. The van der Waals surface area contributed by atoms with Crippen molar-refractivity contribution >= 4 is 11.6 Å². The van der Waals surface area contributed by atoms with Crippen molar-refractivity contribution in [2.45, 2.75) is 44.6 Å². The van der Waals surface area contributed by atoms with Crippen LogP contribution in [0.3, 0.4) is 0 Å². The van der Waals surface area contributed by atoms with Gasteiger partial charge in [-0.2, -0.15) is 0 Å². The van der Waals surface area contributed by atoms with Gasteiger partial charge in [0.1, 0.15) is 5.75 Å². The predicted molar refractivity (Wildman–Crippen MR) is 71.7 cm³/mol. The van der Waals surface area contributed by atoms with Crippen LogP contribution in [0.4, 0.5) is 0 Å². The number of hydrogen-bond donors (Lipinski definition) is 1. The van der Waals surface area contributed by atoms with Crippen LogP contribution in [0.5, 0.6) is 5.75 Å². The van der Waals surface area contributed by atoms with Gasteiger partial charge in [0.05, 0.1) is 12.1 Å². The Morgan fingerprint density at radius 1 is 1.24 bits per heavy atom. The normalized spacial score (nSPS) is 19.1. The minimum absolute atomic E-state index is 0.196. The molecule has 3 heteroatoms. The van der Waals surface area contributed by atoms with Gasteiger partial charge < -0.3 is 10.5 Å². The van der Waals surface area contributed by atoms with Gasteiger partial charge in [0.15, 0.2) is 0 Å². The molecular weight excluding hydrogens is 234 g/mol.